The van der Waals surface area contributed by atoms with Gasteiger partial charge in [-0.3, -0.25) is 0 Å². The van der Waals surface area contributed by atoms with Crippen LogP contribution in [0.25, 0.3) is 0 Å². The first-order chi connectivity index (χ1) is 8.58. The SMILES string of the molecule is O=C(O)c1scnc1COc1ccc(Cl)cc1Cl. The highest BCUT2D eigenvalue weighted by Crippen LogP contribution is 2.28. The summed E-state index contributed by atoms with van der Waals surface area (Å²) in [5.74, 6) is -0.580. The first-order valence-electron chi connectivity index (χ1n) is 4.81. The van der Waals surface area contributed by atoms with Gasteiger partial charge in [-0.05, 0) is 18.2 Å². The third kappa shape index (κ3) is 2.93. The molecule has 18 heavy (non-hydrogen) atoms. The van der Waals surface area contributed by atoms with Crippen molar-refractivity contribution in [2.24, 2.45) is 0 Å². The number of thiazole rings is 1. The Hall–Kier alpha value is -1.30. The van der Waals surface area contributed by atoms with E-state index in [4.69, 9.17) is 33.0 Å². The third-order valence-electron chi connectivity index (χ3n) is 2.09. The van der Waals surface area contributed by atoms with Crippen LogP contribution in [0.5, 0.6) is 5.75 Å². The van der Waals surface area contributed by atoms with E-state index < -0.39 is 5.97 Å². The third-order valence-corrected chi connectivity index (χ3v) is 3.48. The van der Waals surface area contributed by atoms with Crippen LogP contribution in [0.2, 0.25) is 10.0 Å². The van der Waals surface area contributed by atoms with Crippen molar-refractivity contribution in [2.75, 3.05) is 0 Å². The predicted octanol–water partition coefficient (Wildman–Crippen LogP) is 3.73. The van der Waals surface area contributed by atoms with E-state index in [1.165, 1.54) is 5.51 Å². The van der Waals surface area contributed by atoms with Gasteiger partial charge in [0.2, 0.25) is 0 Å². The fourth-order valence-corrected chi connectivity index (χ4v) is 2.38. The molecular weight excluding hydrogens is 297 g/mol. The minimum atomic E-state index is -1.02. The second kappa shape index (κ2) is 5.56. The lowest BCUT2D eigenvalue weighted by Gasteiger charge is -2.07. The number of ether oxygens (including phenoxy) is 1. The van der Waals surface area contributed by atoms with Crippen molar-refractivity contribution in [1.82, 2.24) is 4.98 Å². The van der Waals surface area contributed by atoms with Crippen molar-refractivity contribution in [2.45, 2.75) is 6.61 Å². The first kappa shape index (κ1) is 13.1. The van der Waals surface area contributed by atoms with Gasteiger partial charge in [-0.2, -0.15) is 0 Å². The summed E-state index contributed by atoms with van der Waals surface area (Å²) in [6.45, 7) is 0.0481. The van der Waals surface area contributed by atoms with Gasteiger partial charge in [0, 0.05) is 5.02 Å². The lowest BCUT2D eigenvalue weighted by Crippen LogP contribution is -2.03. The number of nitrogens with zero attached hydrogens (tertiary/aromatic N) is 1. The zero-order chi connectivity index (χ0) is 13.1. The van der Waals surface area contributed by atoms with Crippen LogP contribution >= 0.6 is 34.5 Å². The van der Waals surface area contributed by atoms with Gasteiger partial charge in [0.15, 0.2) is 0 Å². The minimum Gasteiger partial charge on any atom is -0.486 e. The van der Waals surface area contributed by atoms with Gasteiger partial charge in [-0.1, -0.05) is 23.2 Å². The van der Waals surface area contributed by atoms with Gasteiger partial charge in [0.1, 0.15) is 22.9 Å². The average molecular weight is 304 g/mol. The second-order valence-corrected chi connectivity index (χ2v) is 5.00. The molecule has 0 aliphatic heterocycles. The highest BCUT2D eigenvalue weighted by atomic mass is 35.5. The van der Waals surface area contributed by atoms with E-state index in [0.717, 1.165) is 11.3 Å². The summed E-state index contributed by atoms with van der Waals surface area (Å²) in [5, 5.41) is 9.79. The molecule has 4 nitrogen and oxygen atoms in total. The summed E-state index contributed by atoms with van der Waals surface area (Å²) in [4.78, 5) is 15.0. The summed E-state index contributed by atoms with van der Waals surface area (Å²) in [7, 11) is 0. The summed E-state index contributed by atoms with van der Waals surface area (Å²) < 4.78 is 5.42. The molecule has 0 aliphatic rings. The average Bonchev–Trinajstić information content (AvgIpc) is 2.76. The molecule has 1 aromatic carbocycles. The maximum absolute atomic E-state index is 10.9. The molecule has 1 aromatic heterocycles. The van der Waals surface area contributed by atoms with Gasteiger partial charge in [-0.15, -0.1) is 11.3 Å². The summed E-state index contributed by atoms with van der Waals surface area (Å²) in [6, 6.07) is 4.82. The minimum absolute atomic E-state index is 0.0481. The van der Waals surface area contributed by atoms with Gasteiger partial charge in [0.25, 0.3) is 0 Å². The molecule has 0 spiro atoms. The molecule has 1 N–H and O–H groups in total. The van der Waals surface area contributed by atoms with E-state index >= 15 is 0 Å². The van der Waals surface area contributed by atoms with Crippen LogP contribution in [0.3, 0.4) is 0 Å². The Morgan fingerprint density at radius 3 is 2.89 bits per heavy atom. The number of halogens is 2. The van der Waals surface area contributed by atoms with Crippen molar-refractivity contribution >= 4 is 40.5 Å². The molecule has 0 saturated heterocycles. The molecule has 2 aromatic rings. The maximum Gasteiger partial charge on any atom is 0.347 e. The number of rotatable bonds is 4. The Bertz CT molecular complexity index is 585. The van der Waals surface area contributed by atoms with Gasteiger partial charge in [0.05, 0.1) is 10.5 Å². The topological polar surface area (TPSA) is 59.4 Å². The number of carbonyl (C=O) groups is 1. The summed E-state index contributed by atoms with van der Waals surface area (Å²) in [6.07, 6.45) is 0. The Morgan fingerprint density at radius 1 is 1.44 bits per heavy atom. The molecule has 0 radical (unpaired) electrons. The van der Waals surface area contributed by atoms with Gasteiger partial charge < -0.3 is 9.84 Å². The molecule has 94 valence electrons. The number of carboxylic acids is 1. The Morgan fingerprint density at radius 2 is 2.22 bits per heavy atom. The largest absolute Gasteiger partial charge is 0.486 e. The van der Waals surface area contributed by atoms with Crippen LogP contribution in [-0.2, 0) is 6.61 Å². The number of aromatic carboxylic acids is 1. The van der Waals surface area contributed by atoms with E-state index in [0.29, 0.717) is 21.5 Å². The smallest absolute Gasteiger partial charge is 0.347 e. The van der Waals surface area contributed by atoms with Crippen molar-refractivity contribution in [1.29, 1.82) is 0 Å². The molecule has 0 unspecified atom stereocenters. The molecule has 0 fully saturated rings. The predicted molar refractivity (Wildman–Crippen MR) is 69.9 cm³/mol. The lowest BCUT2D eigenvalue weighted by atomic mass is 10.3. The Labute approximate surface area is 117 Å². The molecule has 0 bridgehead atoms. The van der Waals surface area contributed by atoms with Gasteiger partial charge in [-0.25, -0.2) is 9.78 Å². The Balaban J connectivity index is 2.11. The fourth-order valence-electron chi connectivity index (χ4n) is 1.28. The molecule has 1 heterocycles. The quantitative estimate of drug-likeness (QED) is 0.935. The zero-order valence-electron chi connectivity index (χ0n) is 8.89. The van der Waals surface area contributed by atoms with Crippen molar-refractivity contribution in [3.05, 3.63) is 44.3 Å². The second-order valence-electron chi connectivity index (χ2n) is 3.30. The van der Waals surface area contributed by atoms with Crippen LogP contribution in [0, 0.1) is 0 Å². The monoisotopic (exact) mass is 303 g/mol. The normalized spacial score (nSPS) is 10.3. The number of carboxylic acid groups (broad SMARTS) is 1. The molecule has 0 amide bonds. The van der Waals surface area contributed by atoms with Crippen molar-refractivity contribution < 1.29 is 14.6 Å². The number of aromatic nitrogens is 1. The van der Waals surface area contributed by atoms with Crippen molar-refractivity contribution in [3.63, 3.8) is 0 Å². The van der Waals surface area contributed by atoms with Crippen LogP contribution in [0.4, 0.5) is 0 Å². The van der Waals surface area contributed by atoms with E-state index in [1.807, 2.05) is 0 Å². The maximum atomic E-state index is 10.9. The van der Waals surface area contributed by atoms with Gasteiger partial charge >= 0.3 is 5.97 Å². The van der Waals surface area contributed by atoms with Crippen LogP contribution < -0.4 is 4.74 Å². The number of benzene rings is 1. The summed E-state index contributed by atoms with van der Waals surface area (Å²) in [5.41, 5.74) is 1.84. The molecule has 7 heteroatoms. The lowest BCUT2D eigenvalue weighted by molar-refractivity contribution is 0.0699. The number of hydrogen-bond acceptors (Lipinski definition) is 4. The Kier molecular flexibility index (Phi) is 4.06. The first-order valence-corrected chi connectivity index (χ1v) is 6.45. The fraction of sp³-hybridized carbons (Fsp3) is 0.0909. The molecule has 0 atom stereocenters. The van der Waals surface area contributed by atoms with Crippen LogP contribution in [-0.4, -0.2) is 16.1 Å². The molecule has 0 saturated carbocycles. The van der Waals surface area contributed by atoms with Crippen LogP contribution in [0.15, 0.2) is 23.7 Å². The number of hydrogen-bond donors (Lipinski definition) is 1. The highest BCUT2D eigenvalue weighted by Gasteiger charge is 2.14. The van der Waals surface area contributed by atoms with Crippen LogP contribution in [0.1, 0.15) is 15.4 Å². The van der Waals surface area contributed by atoms with E-state index in [9.17, 15) is 4.79 Å². The van der Waals surface area contributed by atoms with E-state index in [1.54, 1.807) is 18.2 Å². The van der Waals surface area contributed by atoms with Crippen molar-refractivity contribution in [3.8, 4) is 5.75 Å². The zero-order valence-corrected chi connectivity index (χ0v) is 11.2. The molecular formula is C11H7Cl2NO3S. The standard InChI is InChI=1S/C11H7Cl2NO3S/c12-6-1-2-9(7(13)3-6)17-4-8-10(11(15)16)18-5-14-8/h1-3,5H,4H2,(H,15,16). The van der Waals surface area contributed by atoms with E-state index in [-0.39, 0.29) is 11.5 Å². The van der Waals surface area contributed by atoms with E-state index in [2.05, 4.69) is 4.98 Å². The molecule has 2 rings (SSSR count). The summed E-state index contributed by atoms with van der Waals surface area (Å²) >= 11 is 12.7. The molecule has 0 aliphatic carbocycles. The highest BCUT2D eigenvalue weighted by molar-refractivity contribution is 7.11.